The van der Waals surface area contributed by atoms with Gasteiger partial charge in [-0.15, -0.1) is 0 Å². The van der Waals surface area contributed by atoms with Crippen molar-refractivity contribution >= 4 is 17.5 Å². The van der Waals surface area contributed by atoms with E-state index in [0.29, 0.717) is 29.7 Å². The quantitative estimate of drug-likeness (QED) is 0.697. The minimum absolute atomic E-state index is 0.110. The summed E-state index contributed by atoms with van der Waals surface area (Å²) in [6, 6.07) is 6.76. The second kappa shape index (κ2) is 9.28. The molecule has 162 valence electrons. The highest BCUT2D eigenvalue weighted by atomic mass is 19.1. The summed E-state index contributed by atoms with van der Waals surface area (Å²) in [5.41, 5.74) is 6.61. The van der Waals surface area contributed by atoms with E-state index in [2.05, 4.69) is 25.7 Å². The van der Waals surface area contributed by atoms with Gasteiger partial charge in [-0.05, 0) is 41.9 Å². The first-order chi connectivity index (χ1) is 14.3. The fraction of sp³-hybridized carbons (Fsp3) is 0.500. The third-order valence-electron chi connectivity index (χ3n) is 5.14. The zero-order chi connectivity index (χ0) is 21.7. The molecule has 1 aromatic carbocycles. The minimum atomic E-state index is -0.212. The molecule has 1 aromatic heterocycles. The van der Waals surface area contributed by atoms with Crippen LogP contribution in [0.1, 0.15) is 51.5 Å². The number of hydrazine groups is 1. The molecule has 0 saturated carbocycles. The highest BCUT2D eigenvalue weighted by Gasteiger charge is 2.25. The lowest BCUT2D eigenvalue weighted by molar-refractivity contribution is -0.122. The van der Waals surface area contributed by atoms with Gasteiger partial charge in [0.1, 0.15) is 12.1 Å². The normalized spacial score (nSPS) is 15.0. The van der Waals surface area contributed by atoms with Gasteiger partial charge in [0, 0.05) is 19.5 Å². The number of nitrogens with one attached hydrogen (secondary N) is 2. The van der Waals surface area contributed by atoms with Gasteiger partial charge < -0.3 is 9.64 Å². The van der Waals surface area contributed by atoms with E-state index in [1.165, 1.54) is 18.5 Å². The van der Waals surface area contributed by atoms with Gasteiger partial charge in [-0.3, -0.25) is 15.6 Å². The Hall–Kier alpha value is -2.90. The molecule has 2 aromatic rings. The number of carbonyl (C=O) groups is 1. The van der Waals surface area contributed by atoms with Gasteiger partial charge in [-0.1, -0.05) is 32.9 Å². The van der Waals surface area contributed by atoms with Crippen LogP contribution in [-0.2, 0) is 4.79 Å². The summed E-state index contributed by atoms with van der Waals surface area (Å²) >= 11 is 0. The molecular formula is C22H30FN5O2. The smallest absolute Gasteiger partial charge is 0.238 e. The number of anilines is 2. The first kappa shape index (κ1) is 21.8. The number of rotatable bonds is 6. The average molecular weight is 416 g/mol. The van der Waals surface area contributed by atoms with Gasteiger partial charge >= 0.3 is 0 Å². The number of amides is 1. The Kier molecular flexibility index (Phi) is 6.74. The van der Waals surface area contributed by atoms with Crippen molar-refractivity contribution in [1.29, 1.82) is 0 Å². The summed E-state index contributed by atoms with van der Waals surface area (Å²) in [7, 11) is 1.57. The number of ether oxygens (including phenoxy) is 1. The third-order valence-corrected chi connectivity index (χ3v) is 5.14. The van der Waals surface area contributed by atoms with Crippen LogP contribution in [0.5, 0.6) is 5.75 Å². The Balaban J connectivity index is 1.66. The molecule has 30 heavy (non-hydrogen) atoms. The molecule has 0 atom stereocenters. The lowest BCUT2D eigenvalue weighted by Crippen LogP contribution is -2.35. The van der Waals surface area contributed by atoms with Crippen molar-refractivity contribution in [2.75, 3.05) is 30.5 Å². The van der Waals surface area contributed by atoms with Crippen LogP contribution >= 0.6 is 0 Å². The van der Waals surface area contributed by atoms with Crippen LogP contribution in [-0.4, -0.2) is 36.1 Å². The summed E-state index contributed by atoms with van der Waals surface area (Å²) in [5.74, 6) is 1.67. The zero-order valence-electron chi connectivity index (χ0n) is 18.0. The van der Waals surface area contributed by atoms with Crippen LogP contribution in [0.3, 0.4) is 0 Å². The highest BCUT2D eigenvalue weighted by Crippen LogP contribution is 2.36. The van der Waals surface area contributed by atoms with Gasteiger partial charge in [0.15, 0.2) is 11.6 Å². The lowest BCUT2D eigenvalue weighted by Gasteiger charge is -2.33. The first-order valence-corrected chi connectivity index (χ1v) is 10.2. The van der Waals surface area contributed by atoms with Crippen LogP contribution in [0.25, 0.3) is 0 Å². The number of nitrogens with zero attached hydrogens (tertiary/aromatic N) is 3. The van der Waals surface area contributed by atoms with Gasteiger partial charge in [-0.25, -0.2) is 14.4 Å². The molecule has 1 fully saturated rings. The maximum atomic E-state index is 13.2. The van der Waals surface area contributed by atoms with E-state index in [-0.39, 0.29) is 17.1 Å². The van der Waals surface area contributed by atoms with Crippen molar-refractivity contribution in [2.24, 2.45) is 5.41 Å². The number of hydrogen-bond donors (Lipinski definition) is 2. The summed E-state index contributed by atoms with van der Waals surface area (Å²) < 4.78 is 18.7. The van der Waals surface area contributed by atoms with E-state index in [0.717, 1.165) is 31.5 Å². The van der Waals surface area contributed by atoms with E-state index in [9.17, 15) is 9.18 Å². The lowest BCUT2D eigenvalue weighted by atomic mass is 9.89. The minimum Gasteiger partial charge on any atom is -0.490 e. The molecule has 0 bridgehead atoms. The number of carbonyl (C=O) groups excluding carboxylic acids is 1. The Morgan fingerprint density at radius 2 is 1.87 bits per heavy atom. The van der Waals surface area contributed by atoms with Crippen LogP contribution < -0.4 is 20.5 Å². The fourth-order valence-corrected chi connectivity index (χ4v) is 3.68. The second-order valence-corrected chi connectivity index (χ2v) is 8.80. The zero-order valence-corrected chi connectivity index (χ0v) is 18.0. The molecule has 1 saturated heterocycles. The molecule has 0 aliphatic carbocycles. The van der Waals surface area contributed by atoms with Crippen LogP contribution in [0.15, 0.2) is 30.6 Å². The van der Waals surface area contributed by atoms with Crippen LogP contribution in [0, 0.1) is 11.2 Å². The number of halogens is 1. The third kappa shape index (κ3) is 5.58. The first-order valence-electron chi connectivity index (χ1n) is 10.2. The Morgan fingerprint density at radius 3 is 2.47 bits per heavy atom. The number of aromatic nitrogens is 2. The van der Waals surface area contributed by atoms with Crippen molar-refractivity contribution in [3.05, 3.63) is 42.0 Å². The van der Waals surface area contributed by atoms with Gasteiger partial charge in [0.2, 0.25) is 11.7 Å². The molecule has 2 heterocycles. The molecule has 3 rings (SSSR count). The van der Waals surface area contributed by atoms with Crippen molar-refractivity contribution in [2.45, 2.75) is 46.0 Å². The molecule has 2 N–H and O–H groups in total. The fourth-order valence-electron chi connectivity index (χ4n) is 3.68. The maximum absolute atomic E-state index is 13.2. The molecule has 1 aliphatic heterocycles. The van der Waals surface area contributed by atoms with Crippen molar-refractivity contribution in [1.82, 2.24) is 15.4 Å². The standard InChI is InChI=1S/C22H30FN5O2/c1-22(2,3)13-18(29)26-27-20-19(30-4)21(25-14-24-20)28-11-9-16(10-12-28)15-5-7-17(23)8-6-15/h5-8,14,16H,9-13H2,1-4H3,(H,26,29)(H,24,25,27). The maximum Gasteiger partial charge on any atom is 0.238 e. The second-order valence-electron chi connectivity index (χ2n) is 8.80. The van der Waals surface area contributed by atoms with Crippen molar-refractivity contribution in [3.8, 4) is 5.75 Å². The predicted molar refractivity (Wildman–Crippen MR) is 115 cm³/mol. The summed E-state index contributed by atoms with van der Waals surface area (Å²) in [6.45, 7) is 7.61. The largest absolute Gasteiger partial charge is 0.490 e. The van der Waals surface area contributed by atoms with E-state index in [1.54, 1.807) is 7.11 Å². The summed E-state index contributed by atoms with van der Waals surface area (Å²) in [4.78, 5) is 22.9. The highest BCUT2D eigenvalue weighted by molar-refractivity contribution is 5.78. The molecule has 0 spiro atoms. The van der Waals surface area contributed by atoms with E-state index in [1.807, 2.05) is 32.9 Å². The van der Waals surface area contributed by atoms with Gasteiger partial charge in [0.05, 0.1) is 7.11 Å². The van der Waals surface area contributed by atoms with Crippen LogP contribution in [0.2, 0.25) is 0 Å². The monoisotopic (exact) mass is 415 g/mol. The molecular weight excluding hydrogens is 385 g/mol. The Bertz CT molecular complexity index is 859. The number of methoxy groups -OCH3 is 1. The number of hydrogen-bond acceptors (Lipinski definition) is 6. The topological polar surface area (TPSA) is 79.4 Å². The van der Waals surface area contributed by atoms with Crippen molar-refractivity contribution in [3.63, 3.8) is 0 Å². The van der Waals surface area contributed by atoms with Gasteiger partial charge in [0.25, 0.3) is 0 Å². The molecule has 8 heteroatoms. The molecule has 1 aliphatic rings. The number of piperidine rings is 1. The molecule has 7 nitrogen and oxygen atoms in total. The predicted octanol–water partition coefficient (Wildman–Crippen LogP) is 3.89. The van der Waals surface area contributed by atoms with E-state index < -0.39 is 0 Å². The molecule has 1 amide bonds. The average Bonchev–Trinajstić information content (AvgIpc) is 2.71. The van der Waals surface area contributed by atoms with E-state index >= 15 is 0 Å². The van der Waals surface area contributed by atoms with Crippen LogP contribution in [0.4, 0.5) is 16.0 Å². The summed E-state index contributed by atoms with van der Waals surface area (Å²) in [6.07, 6.45) is 3.72. The summed E-state index contributed by atoms with van der Waals surface area (Å²) in [5, 5.41) is 0. The Labute approximate surface area is 177 Å². The Morgan fingerprint density at radius 1 is 1.20 bits per heavy atom. The molecule has 0 radical (unpaired) electrons. The van der Waals surface area contributed by atoms with Gasteiger partial charge in [-0.2, -0.15) is 0 Å². The molecule has 0 unspecified atom stereocenters. The van der Waals surface area contributed by atoms with Crippen molar-refractivity contribution < 1.29 is 13.9 Å². The van der Waals surface area contributed by atoms with E-state index in [4.69, 9.17) is 4.74 Å². The SMILES string of the molecule is COc1c(NNC(=O)CC(C)(C)C)ncnc1N1CCC(c2ccc(F)cc2)CC1. The number of benzene rings is 1.